The second-order valence-corrected chi connectivity index (χ2v) is 10.8. The minimum Gasteiger partial charge on any atom is -0.444 e. The molecule has 8 nitrogen and oxygen atoms in total. The average molecular weight is 438 g/mol. The van der Waals surface area contributed by atoms with Gasteiger partial charge in [-0.2, -0.15) is 0 Å². The Balaban J connectivity index is 1.45. The zero-order valence-electron chi connectivity index (χ0n) is 18.1. The average Bonchev–Trinajstić information content (AvgIpc) is 3.14. The molecule has 2 aliphatic heterocycles. The summed E-state index contributed by atoms with van der Waals surface area (Å²) in [4.78, 5) is 14.2. The first-order valence-corrected chi connectivity index (χ1v) is 12.0. The number of sulfone groups is 1. The lowest BCUT2D eigenvalue weighted by Gasteiger charge is -2.33. The number of carbonyl (C=O) groups is 1. The minimum absolute atomic E-state index is 0.118. The van der Waals surface area contributed by atoms with Gasteiger partial charge in [-0.1, -0.05) is 0 Å². The molecule has 166 valence electrons. The number of rotatable bonds is 5. The number of likely N-dealkylation sites (tertiary alicyclic amines) is 1. The predicted octanol–water partition coefficient (Wildman–Crippen LogP) is 2.71. The van der Waals surface area contributed by atoms with Gasteiger partial charge in [0.05, 0.1) is 23.3 Å². The highest BCUT2D eigenvalue weighted by Gasteiger charge is 2.27. The highest BCUT2D eigenvalue weighted by atomic mass is 32.2. The number of nitrogens with one attached hydrogen (secondary N) is 1. The molecule has 0 bridgehead atoms. The molecular formula is C21H31N3O5S. The monoisotopic (exact) mass is 437 g/mol. The molecule has 1 amide bonds. The third-order valence-corrected chi connectivity index (χ3v) is 6.06. The fraction of sp³-hybridized carbons (Fsp3) is 0.571. The van der Waals surface area contributed by atoms with Crippen molar-refractivity contribution >= 4 is 21.6 Å². The quantitative estimate of drug-likeness (QED) is 0.758. The fourth-order valence-electron chi connectivity index (χ4n) is 3.33. The standard InChI is InChI=1S/C21H31N3O5S/c1-21(2,3)29-20(25)23-11-9-18(10-12-23)28-15-16-13-22-24(14-16)17-5-7-19(8-6-17)30(4,26)27/h5-8,14,18,22H,9-13,15H2,1-4H3. The van der Waals surface area contributed by atoms with E-state index >= 15 is 0 Å². The van der Waals surface area contributed by atoms with Crippen LogP contribution in [-0.4, -0.2) is 63.6 Å². The summed E-state index contributed by atoms with van der Waals surface area (Å²) < 4.78 is 34.6. The van der Waals surface area contributed by atoms with Crippen molar-refractivity contribution in [3.05, 3.63) is 36.0 Å². The van der Waals surface area contributed by atoms with E-state index in [4.69, 9.17) is 9.47 Å². The lowest BCUT2D eigenvalue weighted by atomic mass is 10.1. The highest BCUT2D eigenvalue weighted by molar-refractivity contribution is 7.90. The van der Waals surface area contributed by atoms with Gasteiger partial charge in [-0.15, -0.1) is 0 Å². The summed E-state index contributed by atoms with van der Waals surface area (Å²) in [6, 6.07) is 6.76. The number of amides is 1. The van der Waals surface area contributed by atoms with Crippen LogP contribution in [0.3, 0.4) is 0 Å². The number of nitrogens with zero attached hydrogens (tertiary/aromatic N) is 2. The zero-order chi connectivity index (χ0) is 21.9. The molecule has 9 heteroatoms. The van der Waals surface area contributed by atoms with Crippen LogP contribution in [0.5, 0.6) is 0 Å². The van der Waals surface area contributed by atoms with Gasteiger partial charge in [0.1, 0.15) is 5.60 Å². The van der Waals surface area contributed by atoms with Crippen molar-refractivity contribution in [3.63, 3.8) is 0 Å². The maximum Gasteiger partial charge on any atom is 0.410 e. The number of carbonyl (C=O) groups excluding carboxylic acids is 1. The summed E-state index contributed by atoms with van der Waals surface area (Å²) in [6.07, 6.45) is 4.61. The van der Waals surface area contributed by atoms with Crippen LogP contribution in [0.15, 0.2) is 40.9 Å². The molecule has 0 saturated carbocycles. The van der Waals surface area contributed by atoms with E-state index in [0.717, 1.165) is 24.1 Å². The lowest BCUT2D eigenvalue weighted by Crippen LogP contribution is -2.43. The van der Waals surface area contributed by atoms with Crippen LogP contribution in [0, 0.1) is 0 Å². The summed E-state index contributed by atoms with van der Waals surface area (Å²) in [5.74, 6) is 0. The Kier molecular flexibility index (Phi) is 6.74. The lowest BCUT2D eigenvalue weighted by molar-refractivity contribution is -0.00605. The minimum atomic E-state index is -3.20. The van der Waals surface area contributed by atoms with Gasteiger partial charge in [0.25, 0.3) is 0 Å². The fourth-order valence-corrected chi connectivity index (χ4v) is 3.96. The van der Waals surface area contributed by atoms with Crippen LogP contribution < -0.4 is 10.4 Å². The normalized spacial score (nSPS) is 18.5. The van der Waals surface area contributed by atoms with Crippen LogP contribution in [0.25, 0.3) is 0 Å². The molecule has 30 heavy (non-hydrogen) atoms. The van der Waals surface area contributed by atoms with Gasteiger partial charge < -0.3 is 14.4 Å². The van der Waals surface area contributed by atoms with Gasteiger partial charge >= 0.3 is 6.09 Å². The van der Waals surface area contributed by atoms with Gasteiger partial charge in [0.15, 0.2) is 9.84 Å². The Hall–Kier alpha value is -2.10. The van der Waals surface area contributed by atoms with E-state index in [-0.39, 0.29) is 12.2 Å². The molecule has 1 N–H and O–H groups in total. The van der Waals surface area contributed by atoms with E-state index in [1.165, 1.54) is 6.26 Å². The van der Waals surface area contributed by atoms with Gasteiger partial charge in [-0.3, -0.25) is 5.01 Å². The Morgan fingerprint density at radius 2 is 1.80 bits per heavy atom. The van der Waals surface area contributed by atoms with E-state index in [9.17, 15) is 13.2 Å². The number of anilines is 1. The molecule has 3 rings (SSSR count). The first-order valence-electron chi connectivity index (χ1n) is 10.1. The maximum absolute atomic E-state index is 12.1. The van der Waals surface area contributed by atoms with E-state index in [0.29, 0.717) is 31.1 Å². The third kappa shape index (κ3) is 6.20. The van der Waals surface area contributed by atoms with Crippen molar-refractivity contribution in [3.8, 4) is 0 Å². The van der Waals surface area contributed by atoms with Crippen molar-refractivity contribution in [2.45, 2.75) is 50.2 Å². The van der Waals surface area contributed by atoms with E-state index in [1.54, 1.807) is 29.2 Å². The predicted molar refractivity (Wildman–Crippen MR) is 115 cm³/mol. The Labute approximate surface area is 178 Å². The summed E-state index contributed by atoms with van der Waals surface area (Å²) >= 11 is 0. The molecule has 2 aliphatic rings. The summed E-state index contributed by atoms with van der Waals surface area (Å²) in [5.41, 5.74) is 4.74. The van der Waals surface area contributed by atoms with Gasteiger partial charge in [-0.25, -0.2) is 18.6 Å². The van der Waals surface area contributed by atoms with Crippen LogP contribution in [0.4, 0.5) is 10.5 Å². The van der Waals surface area contributed by atoms with E-state index in [2.05, 4.69) is 5.43 Å². The molecule has 1 aromatic rings. The molecular weight excluding hydrogens is 406 g/mol. The first-order chi connectivity index (χ1) is 14.0. The molecule has 0 spiro atoms. The molecule has 0 radical (unpaired) electrons. The van der Waals surface area contributed by atoms with Crippen molar-refractivity contribution in [2.75, 3.05) is 37.5 Å². The number of hydrogen-bond donors (Lipinski definition) is 1. The molecule has 1 fully saturated rings. The Morgan fingerprint density at radius 3 is 2.37 bits per heavy atom. The topological polar surface area (TPSA) is 88.2 Å². The highest BCUT2D eigenvalue weighted by Crippen LogP contribution is 2.22. The van der Waals surface area contributed by atoms with E-state index < -0.39 is 15.4 Å². The van der Waals surface area contributed by atoms with Crippen LogP contribution >= 0.6 is 0 Å². The molecule has 0 aromatic heterocycles. The van der Waals surface area contributed by atoms with Gasteiger partial charge in [-0.05, 0) is 63.5 Å². The van der Waals surface area contributed by atoms with Crippen molar-refractivity contribution in [1.82, 2.24) is 10.3 Å². The molecule has 1 saturated heterocycles. The Bertz CT molecular complexity index is 882. The van der Waals surface area contributed by atoms with Gasteiger partial charge in [0.2, 0.25) is 0 Å². The smallest absolute Gasteiger partial charge is 0.410 e. The molecule has 0 atom stereocenters. The Morgan fingerprint density at radius 1 is 1.17 bits per heavy atom. The zero-order valence-corrected chi connectivity index (χ0v) is 18.9. The summed E-state index contributed by atoms with van der Waals surface area (Å²) in [7, 11) is -3.20. The number of benzene rings is 1. The molecule has 2 heterocycles. The molecule has 0 aliphatic carbocycles. The van der Waals surface area contributed by atoms with Crippen LogP contribution in [-0.2, 0) is 19.3 Å². The largest absolute Gasteiger partial charge is 0.444 e. The number of hydrazine groups is 1. The van der Waals surface area contributed by atoms with Crippen molar-refractivity contribution < 1.29 is 22.7 Å². The van der Waals surface area contributed by atoms with E-state index in [1.807, 2.05) is 32.0 Å². The maximum atomic E-state index is 12.1. The molecule has 1 aromatic carbocycles. The van der Waals surface area contributed by atoms with Crippen molar-refractivity contribution in [1.29, 1.82) is 0 Å². The van der Waals surface area contributed by atoms with Gasteiger partial charge in [0, 0.05) is 32.1 Å². The van der Waals surface area contributed by atoms with Crippen LogP contribution in [0.2, 0.25) is 0 Å². The van der Waals surface area contributed by atoms with Crippen molar-refractivity contribution in [2.24, 2.45) is 0 Å². The number of piperidine rings is 1. The SMILES string of the molecule is CC(C)(C)OC(=O)N1CCC(OCC2=CN(c3ccc(S(C)(=O)=O)cc3)NC2)CC1. The number of ether oxygens (including phenoxy) is 2. The third-order valence-electron chi connectivity index (χ3n) is 4.93. The number of hydrogen-bond acceptors (Lipinski definition) is 7. The second kappa shape index (κ2) is 8.95. The van der Waals surface area contributed by atoms with Crippen LogP contribution in [0.1, 0.15) is 33.6 Å². The molecule has 0 unspecified atom stereocenters. The second-order valence-electron chi connectivity index (χ2n) is 8.74. The first kappa shape index (κ1) is 22.6. The summed E-state index contributed by atoms with van der Waals surface area (Å²) in [6.45, 7) is 8.06. The summed E-state index contributed by atoms with van der Waals surface area (Å²) in [5, 5.41) is 1.87.